The van der Waals surface area contributed by atoms with E-state index >= 15 is 0 Å². The summed E-state index contributed by atoms with van der Waals surface area (Å²) in [5, 5.41) is 2.49. The number of aromatic nitrogens is 2. The Balaban J connectivity index is 2.04. The normalized spacial score (nSPS) is 10.4. The van der Waals surface area contributed by atoms with Crippen molar-refractivity contribution in [1.29, 1.82) is 0 Å². The van der Waals surface area contributed by atoms with Crippen LogP contribution in [0, 0.1) is 0 Å². The molecule has 0 aromatic carbocycles. The number of carbonyl (C=O) groups is 1. The van der Waals surface area contributed by atoms with Crippen molar-refractivity contribution in [3.8, 4) is 0 Å². The maximum absolute atomic E-state index is 11.6. The Morgan fingerprint density at radius 1 is 1.39 bits per heavy atom. The Morgan fingerprint density at radius 2 is 2.28 bits per heavy atom. The summed E-state index contributed by atoms with van der Waals surface area (Å²) < 4.78 is 0. The molecule has 0 saturated carbocycles. The summed E-state index contributed by atoms with van der Waals surface area (Å²) >= 11 is 0. The van der Waals surface area contributed by atoms with Crippen LogP contribution in [0.5, 0.6) is 0 Å². The zero-order chi connectivity index (χ0) is 12.8. The van der Waals surface area contributed by atoms with Crippen molar-refractivity contribution in [2.75, 3.05) is 5.32 Å². The molecule has 2 aromatic heterocycles. The third-order valence-electron chi connectivity index (χ3n) is 2.19. The predicted octanol–water partition coefficient (Wildman–Crippen LogP) is 1.42. The lowest BCUT2D eigenvalue weighted by Gasteiger charge is -1.99. The second kappa shape index (κ2) is 5.58. The molecule has 0 bridgehead atoms. The molecule has 0 aliphatic carbocycles. The van der Waals surface area contributed by atoms with Crippen LogP contribution in [0.1, 0.15) is 5.56 Å². The molecule has 90 valence electrons. The molecular weight excluding hydrogens is 230 g/mol. The van der Waals surface area contributed by atoms with Gasteiger partial charge < -0.3 is 10.3 Å². The summed E-state index contributed by atoms with van der Waals surface area (Å²) in [5.74, 6) is -0.365. The number of pyridine rings is 2. The highest BCUT2D eigenvalue weighted by Crippen LogP contribution is 2.00. The highest BCUT2D eigenvalue weighted by molar-refractivity contribution is 6.01. The SMILES string of the molecule is O=C(/C=C\c1cccnc1)Nc1c[nH]ccc1=O. The van der Waals surface area contributed by atoms with Crippen LogP contribution in [0.3, 0.4) is 0 Å². The van der Waals surface area contributed by atoms with Crippen LogP contribution in [-0.4, -0.2) is 15.9 Å². The lowest BCUT2D eigenvalue weighted by Crippen LogP contribution is -2.15. The van der Waals surface area contributed by atoms with Crippen molar-refractivity contribution < 1.29 is 4.79 Å². The molecule has 2 aromatic rings. The van der Waals surface area contributed by atoms with E-state index in [2.05, 4.69) is 15.3 Å². The minimum absolute atomic E-state index is 0.221. The minimum Gasteiger partial charge on any atom is -0.366 e. The highest BCUT2D eigenvalue weighted by Gasteiger charge is 2.00. The molecule has 0 saturated heterocycles. The van der Waals surface area contributed by atoms with E-state index in [9.17, 15) is 9.59 Å². The summed E-state index contributed by atoms with van der Waals surface area (Å²) in [6, 6.07) is 4.95. The number of aromatic amines is 1. The number of nitrogens with one attached hydrogen (secondary N) is 2. The van der Waals surface area contributed by atoms with Gasteiger partial charge in [-0.1, -0.05) is 6.07 Å². The van der Waals surface area contributed by atoms with Gasteiger partial charge in [-0.3, -0.25) is 14.6 Å². The van der Waals surface area contributed by atoms with Gasteiger partial charge in [0.25, 0.3) is 0 Å². The van der Waals surface area contributed by atoms with Crippen molar-refractivity contribution in [3.05, 3.63) is 64.8 Å². The predicted molar refractivity (Wildman–Crippen MR) is 69.0 cm³/mol. The second-order valence-corrected chi connectivity index (χ2v) is 3.53. The Bertz CT molecular complexity index is 617. The molecule has 1 amide bonds. The number of hydrogen-bond acceptors (Lipinski definition) is 3. The summed E-state index contributed by atoms with van der Waals surface area (Å²) in [4.78, 5) is 29.6. The van der Waals surface area contributed by atoms with Crippen LogP contribution in [0.4, 0.5) is 5.69 Å². The number of rotatable bonds is 3. The maximum atomic E-state index is 11.6. The van der Waals surface area contributed by atoms with Crippen molar-refractivity contribution in [3.63, 3.8) is 0 Å². The van der Waals surface area contributed by atoms with E-state index in [1.165, 1.54) is 24.5 Å². The minimum atomic E-state index is -0.365. The molecule has 0 unspecified atom stereocenters. The molecule has 0 radical (unpaired) electrons. The number of amides is 1. The molecule has 0 aliphatic heterocycles. The third-order valence-corrected chi connectivity index (χ3v) is 2.19. The molecular formula is C13H11N3O2. The monoisotopic (exact) mass is 241 g/mol. The Labute approximate surface area is 103 Å². The second-order valence-electron chi connectivity index (χ2n) is 3.53. The Morgan fingerprint density at radius 3 is 3.00 bits per heavy atom. The van der Waals surface area contributed by atoms with Gasteiger partial charge in [0, 0.05) is 36.9 Å². The first-order chi connectivity index (χ1) is 8.75. The van der Waals surface area contributed by atoms with Gasteiger partial charge in [-0.2, -0.15) is 0 Å². The van der Waals surface area contributed by atoms with Crippen molar-refractivity contribution in [2.45, 2.75) is 0 Å². The van der Waals surface area contributed by atoms with Gasteiger partial charge in [0.05, 0.1) is 0 Å². The number of anilines is 1. The van der Waals surface area contributed by atoms with Gasteiger partial charge in [-0.15, -0.1) is 0 Å². The van der Waals surface area contributed by atoms with Crippen LogP contribution in [0.2, 0.25) is 0 Å². The average Bonchev–Trinajstić information content (AvgIpc) is 2.40. The fourth-order valence-electron chi connectivity index (χ4n) is 1.33. The Hall–Kier alpha value is -2.69. The number of hydrogen-bond donors (Lipinski definition) is 2. The van der Waals surface area contributed by atoms with Crippen LogP contribution in [0.15, 0.2) is 53.9 Å². The highest BCUT2D eigenvalue weighted by atomic mass is 16.2. The van der Waals surface area contributed by atoms with Gasteiger partial charge in [-0.05, 0) is 17.7 Å². The van der Waals surface area contributed by atoms with Crippen molar-refractivity contribution in [1.82, 2.24) is 9.97 Å². The largest absolute Gasteiger partial charge is 0.366 e. The van der Waals surface area contributed by atoms with Gasteiger partial charge in [-0.25, -0.2) is 0 Å². The van der Waals surface area contributed by atoms with E-state index < -0.39 is 0 Å². The molecule has 2 N–H and O–H groups in total. The fourth-order valence-corrected chi connectivity index (χ4v) is 1.33. The van der Waals surface area contributed by atoms with Crippen molar-refractivity contribution in [2.24, 2.45) is 0 Å². The van der Waals surface area contributed by atoms with Gasteiger partial charge in [0.2, 0.25) is 11.3 Å². The fraction of sp³-hybridized carbons (Fsp3) is 0. The zero-order valence-corrected chi connectivity index (χ0v) is 9.46. The molecule has 2 rings (SSSR count). The lowest BCUT2D eigenvalue weighted by atomic mass is 10.2. The lowest BCUT2D eigenvalue weighted by molar-refractivity contribution is -0.111. The van der Waals surface area contributed by atoms with Gasteiger partial charge in [0.1, 0.15) is 5.69 Å². The standard InChI is InChI=1S/C13H11N3O2/c17-12-5-7-15-9-11(12)16-13(18)4-3-10-2-1-6-14-8-10/h1-9H,(H,15,17)(H,16,18)/b4-3-. The first kappa shape index (κ1) is 11.8. The van der Waals surface area contributed by atoms with E-state index in [0.29, 0.717) is 0 Å². The Kier molecular flexibility index (Phi) is 3.66. The van der Waals surface area contributed by atoms with Crippen LogP contribution >= 0.6 is 0 Å². The first-order valence-electron chi connectivity index (χ1n) is 5.32. The topological polar surface area (TPSA) is 74.8 Å². The van der Waals surface area contributed by atoms with Crippen LogP contribution < -0.4 is 10.7 Å². The van der Waals surface area contributed by atoms with Crippen LogP contribution in [0.25, 0.3) is 6.08 Å². The molecule has 2 heterocycles. The third kappa shape index (κ3) is 3.15. The molecule has 18 heavy (non-hydrogen) atoms. The average molecular weight is 241 g/mol. The molecule has 5 heteroatoms. The van der Waals surface area contributed by atoms with Gasteiger partial charge >= 0.3 is 0 Å². The van der Waals surface area contributed by atoms with E-state index in [1.807, 2.05) is 6.07 Å². The number of H-pyrrole nitrogens is 1. The first-order valence-corrected chi connectivity index (χ1v) is 5.32. The number of carbonyl (C=O) groups excluding carboxylic acids is 1. The molecule has 0 atom stereocenters. The van der Waals surface area contributed by atoms with E-state index in [0.717, 1.165) is 5.56 Å². The summed E-state index contributed by atoms with van der Waals surface area (Å²) in [5.41, 5.74) is 0.796. The maximum Gasteiger partial charge on any atom is 0.248 e. The quantitative estimate of drug-likeness (QED) is 0.798. The smallest absolute Gasteiger partial charge is 0.248 e. The number of nitrogens with zero attached hydrogens (tertiary/aromatic N) is 1. The summed E-state index contributed by atoms with van der Waals surface area (Å²) in [6.45, 7) is 0. The zero-order valence-electron chi connectivity index (χ0n) is 9.46. The van der Waals surface area contributed by atoms with E-state index in [-0.39, 0.29) is 17.0 Å². The molecule has 0 aliphatic rings. The molecule has 0 fully saturated rings. The summed E-state index contributed by atoms with van der Waals surface area (Å²) in [7, 11) is 0. The molecule has 0 spiro atoms. The summed E-state index contributed by atoms with van der Waals surface area (Å²) in [6.07, 6.45) is 9.21. The van der Waals surface area contributed by atoms with Crippen LogP contribution in [-0.2, 0) is 4.79 Å². The van der Waals surface area contributed by atoms with E-state index in [1.54, 1.807) is 24.5 Å². The van der Waals surface area contributed by atoms with E-state index in [4.69, 9.17) is 0 Å². The van der Waals surface area contributed by atoms with Crippen molar-refractivity contribution >= 4 is 17.7 Å². The molecule has 5 nitrogen and oxygen atoms in total. The van der Waals surface area contributed by atoms with Gasteiger partial charge in [0.15, 0.2) is 0 Å².